The van der Waals surface area contributed by atoms with Crippen molar-refractivity contribution >= 4 is 16.1 Å². The molecule has 0 aromatic carbocycles. The molecule has 0 aromatic heterocycles. The molecule has 5 heteroatoms. The Labute approximate surface area is 216 Å². The molecule has 0 amide bonds. The van der Waals surface area contributed by atoms with Gasteiger partial charge in [0.05, 0.1) is 0 Å². The second-order valence-corrected chi connectivity index (χ2v) is 32.4. The molecule has 2 saturated carbocycles. The van der Waals surface area contributed by atoms with Crippen molar-refractivity contribution in [2.45, 2.75) is 94.2 Å². The van der Waals surface area contributed by atoms with Gasteiger partial charge < -0.3 is 24.8 Å². The molecule has 4 fully saturated rings. The van der Waals surface area contributed by atoms with Crippen LogP contribution in [0.3, 0.4) is 0 Å². The van der Waals surface area contributed by atoms with E-state index in [1.54, 1.807) is 62.7 Å². The Morgan fingerprint density at radius 1 is 0.742 bits per heavy atom. The van der Waals surface area contributed by atoms with Crippen LogP contribution in [0, 0.1) is 11.8 Å². The van der Waals surface area contributed by atoms with Gasteiger partial charge in [-0.3, -0.25) is 0 Å². The molecular weight excluding hydrogens is 618 g/mol. The fourth-order valence-electron chi connectivity index (χ4n) is 8.46. The van der Waals surface area contributed by atoms with Crippen molar-refractivity contribution in [1.82, 2.24) is 0 Å². The van der Waals surface area contributed by atoms with Crippen molar-refractivity contribution in [1.29, 1.82) is 0 Å². The van der Waals surface area contributed by atoms with Gasteiger partial charge in [-0.05, 0) is 0 Å². The number of hydrogen-bond donors (Lipinski definition) is 0. The summed E-state index contributed by atoms with van der Waals surface area (Å²) in [7, 11) is -2.20. The predicted octanol–water partition coefficient (Wildman–Crippen LogP) is 2.03. The summed E-state index contributed by atoms with van der Waals surface area (Å²) in [5.41, 5.74) is 4.12. The van der Waals surface area contributed by atoms with Crippen LogP contribution in [0.4, 0.5) is 0 Å². The van der Waals surface area contributed by atoms with Crippen molar-refractivity contribution in [3.8, 4) is 0 Å². The maximum Gasteiger partial charge on any atom is -1.00 e. The summed E-state index contributed by atoms with van der Waals surface area (Å²) in [4.78, 5) is 0. The first kappa shape index (κ1) is 25.0. The fourth-order valence-corrected chi connectivity index (χ4v) is 41.1. The molecule has 4 aliphatic carbocycles. The van der Waals surface area contributed by atoms with Gasteiger partial charge in [-0.25, -0.2) is 0 Å². The summed E-state index contributed by atoms with van der Waals surface area (Å²) in [6, 6.07) is 6.68. The van der Waals surface area contributed by atoms with Crippen molar-refractivity contribution < 1.29 is 47.7 Å². The van der Waals surface area contributed by atoms with Gasteiger partial charge in [0, 0.05) is 0 Å². The third-order valence-corrected chi connectivity index (χ3v) is 43.7. The number of rotatable bonds is 4. The van der Waals surface area contributed by atoms with Gasteiger partial charge >= 0.3 is 193 Å². The van der Waals surface area contributed by atoms with E-state index in [9.17, 15) is 0 Å². The van der Waals surface area contributed by atoms with Gasteiger partial charge in [-0.2, -0.15) is 0 Å². The summed E-state index contributed by atoms with van der Waals surface area (Å²) in [6.07, 6.45) is 27.6. The van der Waals surface area contributed by atoms with Crippen LogP contribution in [0.25, 0.3) is 0 Å². The van der Waals surface area contributed by atoms with Crippen LogP contribution in [0.2, 0.25) is 42.9 Å². The Kier molecular flexibility index (Phi) is 7.09. The van der Waals surface area contributed by atoms with Gasteiger partial charge in [0.1, 0.15) is 0 Å². The Morgan fingerprint density at radius 3 is 1.52 bits per heavy atom. The second-order valence-electron chi connectivity index (χ2n) is 11.8. The van der Waals surface area contributed by atoms with Crippen LogP contribution >= 0.6 is 0 Å². The van der Waals surface area contributed by atoms with E-state index in [0.717, 1.165) is 17.4 Å². The molecule has 6 rings (SSSR count). The Balaban J connectivity index is 0.00000116. The number of hydrogen-bond acceptors (Lipinski definition) is 0. The van der Waals surface area contributed by atoms with Gasteiger partial charge in [0.2, 0.25) is 0 Å². The Bertz CT molecular complexity index is 770. The summed E-state index contributed by atoms with van der Waals surface area (Å²) in [5.74, 6) is 1.89. The fraction of sp³-hybridized carbons (Fsp3) is 0.692. The third-order valence-electron chi connectivity index (χ3n) is 10.7. The average Bonchev–Trinajstić information content (AvgIpc) is 3.26. The molecule has 168 valence electrons. The molecule has 4 unspecified atom stereocenters. The Hall–Kier alpha value is 0.844. The number of halogens is 2. The minimum atomic E-state index is -1.10. The zero-order chi connectivity index (χ0) is 19.7. The maximum absolute atomic E-state index is 2.89. The second kappa shape index (κ2) is 8.81. The van der Waals surface area contributed by atoms with Crippen LogP contribution < -0.4 is 24.8 Å². The topological polar surface area (TPSA) is 0 Å². The molecule has 0 aromatic rings. The quantitative estimate of drug-likeness (QED) is 0.407. The normalized spacial score (nSPS) is 40.6. The largest absolute Gasteiger partial charge is 1.00 e. The molecule has 0 N–H and O–H groups in total. The van der Waals surface area contributed by atoms with Gasteiger partial charge in [0.25, 0.3) is 0 Å². The molecule has 2 heterocycles. The number of allylic oxidation sites excluding steroid dienone is 8. The van der Waals surface area contributed by atoms with Crippen LogP contribution in [0.5, 0.6) is 0 Å². The van der Waals surface area contributed by atoms with Gasteiger partial charge in [-0.1, -0.05) is 0 Å². The van der Waals surface area contributed by atoms with Crippen molar-refractivity contribution in [3.63, 3.8) is 0 Å². The summed E-state index contributed by atoms with van der Waals surface area (Å²) >= 11 is -0.903. The third kappa shape index (κ3) is 3.40. The molecule has 0 radical (unpaired) electrons. The van der Waals surface area contributed by atoms with E-state index in [2.05, 4.69) is 60.7 Å². The monoisotopic (exact) mass is 656 g/mol. The molecule has 4 atom stereocenters. The molecule has 2 saturated heterocycles. The van der Waals surface area contributed by atoms with E-state index in [1.807, 2.05) is 0 Å². The van der Waals surface area contributed by atoms with Crippen LogP contribution in [0.1, 0.15) is 51.4 Å². The minimum Gasteiger partial charge on any atom is -1.00 e. The van der Waals surface area contributed by atoms with E-state index in [1.165, 1.54) is 12.8 Å². The maximum atomic E-state index is 2.89. The first-order valence-corrected chi connectivity index (χ1v) is 22.0. The molecule has 0 nitrogen and oxygen atoms in total. The zero-order valence-electron chi connectivity index (χ0n) is 19.4. The van der Waals surface area contributed by atoms with E-state index in [-0.39, 0.29) is 24.8 Å². The van der Waals surface area contributed by atoms with Gasteiger partial charge in [-0.15, -0.1) is 0 Å². The number of fused-ring (bicyclic) bond motifs is 2. The van der Waals surface area contributed by atoms with E-state index in [0.29, 0.717) is 0 Å². The van der Waals surface area contributed by atoms with E-state index < -0.39 is 39.1 Å². The molecular formula is C26H38Cl2HfSi2. The van der Waals surface area contributed by atoms with Crippen molar-refractivity contribution in [3.05, 3.63) is 47.6 Å². The smallest absolute Gasteiger partial charge is 1.00 e. The molecule has 31 heavy (non-hydrogen) atoms. The van der Waals surface area contributed by atoms with E-state index >= 15 is 0 Å². The zero-order valence-corrected chi connectivity index (χ0v) is 26.5. The first-order valence-electron chi connectivity index (χ1n) is 12.6. The molecule has 2 aliphatic heterocycles. The van der Waals surface area contributed by atoms with E-state index in [4.69, 9.17) is 0 Å². The van der Waals surface area contributed by atoms with Crippen molar-refractivity contribution in [2.24, 2.45) is 11.8 Å². The van der Waals surface area contributed by atoms with Gasteiger partial charge in [0.15, 0.2) is 0 Å². The standard InChI is InChI=1S/2C13H19Si.2ClH.Hf/c2*1-14(9-4-10-14)13-8-7-11-5-2-3-6-12(11)13;;;/h2*2-3,6,11H,4-5,7-10H2,1H3;2*1H;/q;;;;+2/p-2. The predicted molar refractivity (Wildman–Crippen MR) is 126 cm³/mol. The Morgan fingerprint density at radius 2 is 1.16 bits per heavy atom. The summed E-state index contributed by atoms with van der Waals surface area (Å²) in [6.45, 7) is 5.79. The van der Waals surface area contributed by atoms with Crippen LogP contribution in [-0.4, -0.2) is 16.1 Å². The van der Waals surface area contributed by atoms with Crippen LogP contribution in [-0.2, 0) is 22.9 Å². The van der Waals surface area contributed by atoms with Crippen LogP contribution in [0.15, 0.2) is 47.6 Å². The molecule has 0 spiro atoms. The molecule has 6 aliphatic rings. The minimum absolute atomic E-state index is 0. The SMILES string of the molecule is C[Si]1([C]2([Hf+2][C]3([Si]4(C)CCC4)CCC4CC=CC=C43)CCC3CC=CC=C32)CCC1.[Cl-].[Cl-]. The first-order chi connectivity index (χ1) is 14.0. The summed E-state index contributed by atoms with van der Waals surface area (Å²) in [5, 5.41) is 0. The summed E-state index contributed by atoms with van der Waals surface area (Å²) < 4.78 is 1.67. The average molecular weight is 656 g/mol. The van der Waals surface area contributed by atoms with Crippen molar-refractivity contribution in [2.75, 3.05) is 0 Å². The molecule has 0 bridgehead atoms.